The minimum atomic E-state index is -0.717. The molecule has 0 spiro atoms. The molecule has 2 fully saturated rings. The number of nitrogens with one attached hydrogen (secondary N) is 2. The third kappa shape index (κ3) is 7.86. The minimum absolute atomic E-state index is 0.0691. The summed E-state index contributed by atoms with van der Waals surface area (Å²) in [7, 11) is 0. The number of hydrogen-bond acceptors (Lipinski definition) is 4. The molecule has 3 aliphatic heterocycles. The van der Waals surface area contributed by atoms with Gasteiger partial charge in [0.15, 0.2) is 0 Å². The van der Waals surface area contributed by atoms with Gasteiger partial charge in [0.05, 0.1) is 0 Å². The van der Waals surface area contributed by atoms with E-state index in [0.29, 0.717) is 49.0 Å². The third-order valence-electron chi connectivity index (χ3n) is 10.7. The Morgan fingerprint density at radius 3 is 2.45 bits per heavy atom. The van der Waals surface area contributed by atoms with E-state index < -0.39 is 6.04 Å². The number of piperidine rings is 1. The molecule has 9 heteroatoms. The smallest absolute Gasteiger partial charge is 0.253 e. The summed E-state index contributed by atoms with van der Waals surface area (Å²) in [5.74, 6) is 0.527. The van der Waals surface area contributed by atoms with E-state index in [1.807, 2.05) is 82.7 Å². The molecule has 0 bridgehead atoms. The van der Waals surface area contributed by atoms with Crippen molar-refractivity contribution in [2.75, 3.05) is 44.2 Å². The molecule has 4 heterocycles. The van der Waals surface area contributed by atoms with Gasteiger partial charge in [0.1, 0.15) is 6.04 Å². The van der Waals surface area contributed by atoms with Crippen LogP contribution in [0.15, 0.2) is 79.0 Å². The van der Waals surface area contributed by atoms with Crippen LogP contribution in [0.3, 0.4) is 0 Å². The van der Waals surface area contributed by atoms with Crippen molar-refractivity contribution in [3.05, 3.63) is 101 Å². The van der Waals surface area contributed by atoms with Crippen molar-refractivity contribution in [2.45, 2.75) is 57.4 Å². The van der Waals surface area contributed by atoms with Crippen LogP contribution in [0, 0.1) is 11.8 Å². The molecule has 8 nitrogen and oxygen atoms in total. The van der Waals surface area contributed by atoms with E-state index in [-0.39, 0.29) is 23.6 Å². The van der Waals surface area contributed by atoms with Gasteiger partial charge in [-0.2, -0.15) is 0 Å². The largest absolute Gasteiger partial charge is 0.361 e. The molecular formula is C40H46ClN5O3. The molecule has 7 rings (SSSR count). The summed E-state index contributed by atoms with van der Waals surface area (Å²) in [4.78, 5) is 50.9. The number of aromatic amines is 1. The summed E-state index contributed by atoms with van der Waals surface area (Å²) in [6, 6.07) is 22.6. The summed E-state index contributed by atoms with van der Waals surface area (Å²) in [5, 5.41) is 4.92. The van der Waals surface area contributed by atoms with Gasteiger partial charge >= 0.3 is 0 Å². The molecular weight excluding hydrogens is 634 g/mol. The number of hydrogen-bond donors (Lipinski definition) is 2. The predicted octanol–water partition coefficient (Wildman–Crippen LogP) is 6.48. The highest BCUT2D eigenvalue weighted by molar-refractivity contribution is 6.30. The predicted molar refractivity (Wildman–Crippen MR) is 195 cm³/mol. The average Bonchev–Trinajstić information content (AvgIpc) is 3.80. The quantitative estimate of drug-likeness (QED) is 0.201. The summed E-state index contributed by atoms with van der Waals surface area (Å²) in [5.41, 5.74) is 4.71. The molecule has 49 heavy (non-hydrogen) atoms. The van der Waals surface area contributed by atoms with Crippen LogP contribution in [0.4, 0.5) is 5.69 Å². The number of carbonyl (C=O) groups excluding carboxylic acids is 3. The Hall–Kier alpha value is -4.14. The summed E-state index contributed by atoms with van der Waals surface area (Å²) in [6.45, 7) is 5.16. The molecule has 0 unspecified atom stereocenters. The number of H-pyrrole nitrogens is 1. The van der Waals surface area contributed by atoms with Crippen molar-refractivity contribution in [1.82, 2.24) is 20.1 Å². The fourth-order valence-corrected chi connectivity index (χ4v) is 8.27. The SMILES string of the molecule is O=C(CCC1CCN(C(=O)c2ccccc2)CC1)N[C@H](Cc1c[nH]c2ccccc12)C(=O)N1C[C@H](CN2CCCC2)Cc2cc(Cl)ccc21. The van der Waals surface area contributed by atoms with Gasteiger partial charge in [0.2, 0.25) is 11.8 Å². The zero-order valence-electron chi connectivity index (χ0n) is 28.1. The summed E-state index contributed by atoms with van der Waals surface area (Å²) >= 11 is 6.46. The Bertz CT molecular complexity index is 1780. The van der Waals surface area contributed by atoms with Crippen LogP contribution in [0.1, 0.15) is 60.0 Å². The van der Waals surface area contributed by atoms with Crippen molar-refractivity contribution in [2.24, 2.45) is 11.8 Å². The van der Waals surface area contributed by atoms with Crippen LogP contribution in [0.5, 0.6) is 0 Å². The Morgan fingerprint density at radius 2 is 1.65 bits per heavy atom. The van der Waals surface area contributed by atoms with Gasteiger partial charge in [-0.25, -0.2) is 0 Å². The van der Waals surface area contributed by atoms with Gasteiger partial charge in [-0.15, -0.1) is 0 Å². The molecule has 256 valence electrons. The fraction of sp³-hybridized carbons (Fsp3) is 0.425. The number of nitrogens with zero attached hydrogens (tertiary/aromatic N) is 3. The molecule has 2 atom stereocenters. The molecule has 1 aromatic heterocycles. The summed E-state index contributed by atoms with van der Waals surface area (Å²) in [6.07, 6.45) is 8.50. The van der Waals surface area contributed by atoms with Crippen LogP contribution in [0.2, 0.25) is 5.02 Å². The van der Waals surface area contributed by atoms with E-state index >= 15 is 0 Å². The lowest BCUT2D eigenvalue weighted by molar-refractivity contribution is -0.127. The lowest BCUT2D eigenvalue weighted by Gasteiger charge is -2.38. The molecule has 2 saturated heterocycles. The number of carbonyl (C=O) groups is 3. The van der Waals surface area contributed by atoms with Gasteiger partial charge in [-0.1, -0.05) is 48.0 Å². The zero-order valence-corrected chi connectivity index (χ0v) is 28.8. The lowest BCUT2D eigenvalue weighted by atomic mass is 9.90. The number of likely N-dealkylation sites (tertiary alicyclic amines) is 2. The second-order valence-electron chi connectivity index (χ2n) is 14.1. The number of anilines is 1. The van der Waals surface area contributed by atoms with E-state index in [4.69, 9.17) is 11.6 Å². The number of benzene rings is 3. The maximum absolute atomic E-state index is 14.7. The molecule has 3 amide bonds. The monoisotopic (exact) mass is 679 g/mol. The van der Waals surface area contributed by atoms with Gasteiger partial charge in [0.25, 0.3) is 5.91 Å². The number of aromatic nitrogens is 1. The normalized spacial score (nSPS) is 19.2. The van der Waals surface area contributed by atoms with Crippen LogP contribution in [0.25, 0.3) is 10.9 Å². The molecule has 3 aliphatic rings. The van der Waals surface area contributed by atoms with E-state index in [0.717, 1.165) is 73.0 Å². The number of fused-ring (bicyclic) bond motifs is 2. The maximum atomic E-state index is 14.7. The van der Waals surface area contributed by atoms with Gasteiger partial charge in [0, 0.05) is 72.4 Å². The lowest BCUT2D eigenvalue weighted by Crippen LogP contribution is -2.53. The summed E-state index contributed by atoms with van der Waals surface area (Å²) < 4.78 is 0. The van der Waals surface area contributed by atoms with Crippen LogP contribution >= 0.6 is 11.6 Å². The van der Waals surface area contributed by atoms with Crippen molar-refractivity contribution in [3.8, 4) is 0 Å². The van der Waals surface area contributed by atoms with E-state index in [1.165, 1.54) is 12.8 Å². The minimum Gasteiger partial charge on any atom is -0.361 e. The zero-order chi connectivity index (χ0) is 33.7. The first kappa shape index (κ1) is 33.4. The molecule has 4 aromatic rings. The van der Waals surface area contributed by atoms with Crippen LogP contribution < -0.4 is 10.2 Å². The second-order valence-corrected chi connectivity index (χ2v) is 14.6. The van der Waals surface area contributed by atoms with E-state index in [9.17, 15) is 14.4 Å². The van der Waals surface area contributed by atoms with Crippen molar-refractivity contribution >= 4 is 45.9 Å². The molecule has 0 radical (unpaired) electrons. The Kier molecular flexibility index (Phi) is 10.3. The van der Waals surface area contributed by atoms with Gasteiger partial charge in [-0.3, -0.25) is 14.4 Å². The van der Waals surface area contributed by atoms with Crippen molar-refractivity contribution in [1.29, 1.82) is 0 Å². The van der Waals surface area contributed by atoms with E-state index in [1.54, 1.807) is 0 Å². The van der Waals surface area contributed by atoms with Crippen molar-refractivity contribution in [3.63, 3.8) is 0 Å². The Balaban J connectivity index is 1.05. The number of para-hydroxylation sites is 1. The topological polar surface area (TPSA) is 88.8 Å². The highest BCUT2D eigenvalue weighted by Gasteiger charge is 2.35. The third-order valence-corrected chi connectivity index (χ3v) is 10.9. The number of halogens is 1. The second kappa shape index (κ2) is 15.2. The Labute approximate surface area is 293 Å². The van der Waals surface area contributed by atoms with Crippen molar-refractivity contribution < 1.29 is 14.4 Å². The first-order chi connectivity index (χ1) is 23.9. The van der Waals surface area contributed by atoms with Crippen LogP contribution in [-0.2, 0) is 22.4 Å². The molecule has 3 aromatic carbocycles. The molecule has 0 aliphatic carbocycles. The first-order valence-electron chi connectivity index (χ1n) is 17.9. The van der Waals surface area contributed by atoms with Gasteiger partial charge < -0.3 is 25.0 Å². The molecule has 0 saturated carbocycles. The average molecular weight is 680 g/mol. The highest BCUT2D eigenvalue weighted by Crippen LogP contribution is 2.34. The van der Waals surface area contributed by atoms with Gasteiger partial charge in [-0.05, 0) is 111 Å². The Morgan fingerprint density at radius 1 is 0.898 bits per heavy atom. The standard InChI is InChI=1S/C40H46ClN5O3/c41-33-13-14-37-31(23-33)22-29(26-44-18-6-7-19-44)27-46(37)40(49)36(24-32-25-42-35-11-5-4-10-34(32)35)43-38(47)15-12-28-16-20-45(21-17-28)39(48)30-8-2-1-3-9-30/h1-5,8-11,13-14,23,25,28-29,36,42H,6-7,12,15-22,24,26-27H2,(H,43,47)/t29-,36+/m0/s1. The molecule has 2 N–H and O–H groups in total. The fourth-order valence-electron chi connectivity index (χ4n) is 8.07. The maximum Gasteiger partial charge on any atom is 0.253 e. The van der Waals surface area contributed by atoms with Crippen LogP contribution in [-0.4, -0.2) is 77.8 Å². The number of rotatable bonds is 10. The number of amides is 3. The first-order valence-corrected chi connectivity index (χ1v) is 18.3. The van der Waals surface area contributed by atoms with E-state index in [2.05, 4.69) is 21.3 Å². The highest BCUT2D eigenvalue weighted by atomic mass is 35.5.